The van der Waals surface area contributed by atoms with E-state index in [-0.39, 0.29) is 17.8 Å². The Hall–Kier alpha value is -2.65. The van der Waals surface area contributed by atoms with Crippen LogP contribution in [0.1, 0.15) is 50.6 Å². The van der Waals surface area contributed by atoms with Gasteiger partial charge in [0.2, 0.25) is 0 Å². The summed E-state index contributed by atoms with van der Waals surface area (Å²) < 4.78 is 0. The monoisotopic (exact) mass is 728 g/mol. The van der Waals surface area contributed by atoms with Crippen LogP contribution in [0.3, 0.4) is 0 Å². The minimum Gasteiger partial charge on any atom is -0.481 e. The predicted octanol–water partition coefficient (Wildman–Crippen LogP) is 4.63. The second-order valence-corrected chi connectivity index (χ2v) is 17.1. The first-order valence-corrected chi connectivity index (χ1v) is 20.1. The molecule has 13 heteroatoms. The Morgan fingerprint density at radius 2 is 0.898 bits per heavy atom. The molecule has 3 fully saturated rings. The largest absolute Gasteiger partial charge is 0.481 e. The minimum atomic E-state index is -0.728. The van der Waals surface area contributed by atoms with Crippen LogP contribution < -0.4 is 16.0 Å². The van der Waals surface area contributed by atoms with Crippen molar-refractivity contribution in [3.63, 3.8) is 0 Å². The molecule has 3 aromatic rings. The van der Waals surface area contributed by atoms with Crippen molar-refractivity contribution in [3.05, 3.63) is 65.7 Å². The molecule has 0 aliphatic carbocycles. The van der Waals surface area contributed by atoms with Gasteiger partial charge in [-0.2, -0.15) is 0 Å². The van der Waals surface area contributed by atoms with E-state index >= 15 is 0 Å². The topological polar surface area (TPSA) is 151 Å². The number of hydrogen-bond donors (Lipinski definition) is 6. The van der Waals surface area contributed by atoms with Gasteiger partial charge in [-0.1, -0.05) is 0 Å². The fourth-order valence-corrected chi connectivity index (χ4v) is 10.7. The van der Waals surface area contributed by atoms with Crippen molar-refractivity contribution in [1.29, 1.82) is 0 Å². The molecule has 6 N–H and O–H groups in total. The molecule has 6 atom stereocenters. The van der Waals surface area contributed by atoms with Gasteiger partial charge in [0.15, 0.2) is 0 Å². The third kappa shape index (κ3) is 9.78. The Morgan fingerprint density at radius 1 is 0.592 bits per heavy atom. The van der Waals surface area contributed by atoms with Crippen LogP contribution in [0.2, 0.25) is 0 Å². The van der Waals surface area contributed by atoms with Gasteiger partial charge >= 0.3 is 17.9 Å². The summed E-state index contributed by atoms with van der Waals surface area (Å²) in [5, 5.41) is 46.1. The van der Waals surface area contributed by atoms with Gasteiger partial charge in [0, 0.05) is 34.3 Å². The van der Waals surface area contributed by atoms with Crippen molar-refractivity contribution < 1.29 is 29.7 Å². The van der Waals surface area contributed by atoms with Crippen molar-refractivity contribution in [2.45, 2.75) is 58.2 Å². The molecule has 10 nitrogen and oxygen atoms in total. The second-order valence-electron chi connectivity index (χ2n) is 14.1. The zero-order valence-electron chi connectivity index (χ0n) is 27.8. The highest BCUT2D eigenvalue weighted by Gasteiger charge is 2.33. The SMILES string of the molecule is O=C(O)C(Cc1csc(CN(Cc2cc(C[C@H](C(=O)O)[C@H]3CCNC3)cs2)Cc2cc(C[C@H](C(=O)O)[C@H]3CCNC3)cs2)c1)[C@H]1CCNC1. The van der Waals surface area contributed by atoms with Crippen molar-refractivity contribution in [2.24, 2.45) is 35.5 Å². The molecule has 0 saturated carbocycles. The number of rotatable bonds is 18. The van der Waals surface area contributed by atoms with E-state index in [4.69, 9.17) is 0 Å². The fraction of sp³-hybridized carbons (Fsp3) is 0.583. The molecule has 1 unspecified atom stereocenters. The lowest BCUT2D eigenvalue weighted by Gasteiger charge is -2.21. The number of nitrogens with zero attached hydrogens (tertiary/aromatic N) is 1. The molecule has 3 aromatic heterocycles. The molecule has 49 heavy (non-hydrogen) atoms. The lowest BCUT2D eigenvalue weighted by Crippen LogP contribution is -2.27. The van der Waals surface area contributed by atoms with Crippen LogP contribution in [-0.2, 0) is 53.3 Å². The quantitative estimate of drug-likeness (QED) is 0.109. The average molecular weight is 729 g/mol. The van der Waals surface area contributed by atoms with Gasteiger partial charge in [-0.15, -0.1) is 34.0 Å². The third-order valence-corrected chi connectivity index (χ3v) is 13.5. The fourth-order valence-electron chi connectivity index (χ4n) is 7.87. The maximum atomic E-state index is 12.1. The predicted molar refractivity (Wildman–Crippen MR) is 193 cm³/mol. The standard InChI is InChI=1S/C36H48N4O6S3/c41-34(42)31(25-1-4-37-13-25)10-22-7-28(47-19-22)16-40(17-29-8-23(20-48-29)11-32(35(43)44)26-2-5-38-14-26)18-30-9-24(21-49-30)12-33(36(45)46)27-3-6-39-15-27/h7-9,19-21,25-27,31-33,37-39H,1-6,10-18H2,(H,41,42)(H,43,44)(H,45,46)/t25-,26-,27-,31-,32-,33?/m0/s1. The first kappa shape index (κ1) is 36.2. The number of nitrogens with one attached hydrogen (secondary N) is 3. The van der Waals surface area contributed by atoms with Crippen molar-refractivity contribution in [1.82, 2.24) is 20.9 Å². The van der Waals surface area contributed by atoms with E-state index in [1.54, 1.807) is 34.0 Å². The van der Waals surface area contributed by atoms with Crippen LogP contribution in [0.4, 0.5) is 0 Å². The molecule has 6 heterocycles. The number of carbonyl (C=O) groups is 3. The smallest absolute Gasteiger partial charge is 0.307 e. The van der Waals surface area contributed by atoms with E-state index in [1.807, 2.05) is 0 Å². The van der Waals surface area contributed by atoms with Gasteiger partial charge in [-0.25, -0.2) is 0 Å². The van der Waals surface area contributed by atoms with Crippen LogP contribution in [0.15, 0.2) is 34.3 Å². The second kappa shape index (κ2) is 17.0. The molecule has 266 valence electrons. The summed E-state index contributed by atoms with van der Waals surface area (Å²) in [4.78, 5) is 42.3. The van der Waals surface area contributed by atoms with E-state index in [0.29, 0.717) is 38.9 Å². The zero-order chi connectivity index (χ0) is 34.3. The minimum absolute atomic E-state index is 0.148. The van der Waals surface area contributed by atoms with Crippen molar-refractivity contribution in [2.75, 3.05) is 39.3 Å². The molecule has 6 rings (SSSR count). The number of carboxylic acids is 3. The normalized spacial score (nSPS) is 22.8. The van der Waals surface area contributed by atoms with E-state index in [9.17, 15) is 29.7 Å². The van der Waals surface area contributed by atoms with E-state index in [0.717, 1.165) is 75.2 Å². The van der Waals surface area contributed by atoms with Gasteiger partial charge in [0.25, 0.3) is 0 Å². The molecule has 0 bridgehead atoms. The summed E-state index contributed by atoms with van der Waals surface area (Å²) in [6.07, 6.45) is 4.27. The highest BCUT2D eigenvalue weighted by atomic mass is 32.1. The molecular weight excluding hydrogens is 681 g/mol. The Morgan fingerprint density at radius 3 is 1.14 bits per heavy atom. The summed E-state index contributed by atoms with van der Waals surface area (Å²) in [5.74, 6) is -2.93. The maximum absolute atomic E-state index is 12.1. The van der Waals surface area contributed by atoms with Gasteiger partial charge in [-0.3, -0.25) is 19.3 Å². The van der Waals surface area contributed by atoms with E-state index < -0.39 is 35.7 Å². The van der Waals surface area contributed by atoms with Gasteiger partial charge in [0.1, 0.15) is 0 Å². The molecule has 0 radical (unpaired) electrons. The van der Waals surface area contributed by atoms with Crippen molar-refractivity contribution >= 4 is 51.9 Å². The lowest BCUT2D eigenvalue weighted by molar-refractivity contribution is -0.144. The maximum Gasteiger partial charge on any atom is 0.307 e. The average Bonchev–Trinajstić information content (AvgIpc) is 3.91. The molecule has 0 aromatic carbocycles. The zero-order valence-corrected chi connectivity index (χ0v) is 30.2. The van der Waals surface area contributed by atoms with Crippen LogP contribution in [-0.4, -0.2) is 77.4 Å². The molecule has 3 aliphatic rings. The third-order valence-electron chi connectivity index (χ3n) is 10.6. The van der Waals surface area contributed by atoms with E-state index in [2.05, 4.69) is 55.2 Å². The Labute approximate surface area is 299 Å². The Balaban J connectivity index is 1.16. The molecule has 0 amide bonds. The summed E-state index contributed by atoms with van der Waals surface area (Å²) >= 11 is 5.01. The Kier molecular flexibility index (Phi) is 12.6. The summed E-state index contributed by atoms with van der Waals surface area (Å²) in [5.41, 5.74) is 3.20. The van der Waals surface area contributed by atoms with Gasteiger partial charge < -0.3 is 31.3 Å². The number of carboxylic acid groups (broad SMARTS) is 3. The Bertz CT molecular complexity index is 1370. The van der Waals surface area contributed by atoms with Crippen molar-refractivity contribution in [3.8, 4) is 0 Å². The highest BCUT2D eigenvalue weighted by Crippen LogP contribution is 2.31. The first-order valence-electron chi connectivity index (χ1n) is 17.4. The molecular formula is C36H48N4O6S3. The molecule has 0 spiro atoms. The summed E-state index contributed by atoms with van der Waals surface area (Å²) in [6, 6.07) is 6.49. The number of aliphatic carboxylic acids is 3. The van der Waals surface area contributed by atoms with Gasteiger partial charge in [-0.05, 0) is 147 Å². The van der Waals surface area contributed by atoms with Crippen LogP contribution in [0.5, 0.6) is 0 Å². The van der Waals surface area contributed by atoms with Crippen LogP contribution >= 0.6 is 34.0 Å². The first-order chi connectivity index (χ1) is 23.7. The van der Waals surface area contributed by atoms with Crippen LogP contribution in [0.25, 0.3) is 0 Å². The molecule has 3 saturated heterocycles. The van der Waals surface area contributed by atoms with Crippen LogP contribution in [0, 0.1) is 35.5 Å². The van der Waals surface area contributed by atoms with Gasteiger partial charge in [0.05, 0.1) is 17.8 Å². The summed E-state index contributed by atoms with van der Waals surface area (Å²) in [6.45, 7) is 6.97. The van der Waals surface area contributed by atoms with E-state index in [1.165, 1.54) is 14.6 Å². The lowest BCUT2D eigenvalue weighted by atomic mass is 9.87. The summed E-state index contributed by atoms with van der Waals surface area (Å²) in [7, 11) is 0. The number of hydrogen-bond acceptors (Lipinski definition) is 10. The highest BCUT2D eigenvalue weighted by molar-refractivity contribution is 7.10. The molecule has 3 aliphatic heterocycles. The number of thiophene rings is 3.